The predicted molar refractivity (Wildman–Crippen MR) is 96.7 cm³/mol. The van der Waals surface area contributed by atoms with Crippen molar-refractivity contribution in [1.82, 2.24) is 0 Å². The molecule has 0 saturated carbocycles. The highest BCUT2D eigenvalue weighted by Crippen LogP contribution is 2.43. The molecule has 1 aliphatic rings. The zero-order valence-corrected chi connectivity index (χ0v) is 15.4. The largest absolute Gasteiger partial charge is 0.394 e. The first kappa shape index (κ1) is 20.1. The van der Waals surface area contributed by atoms with Crippen molar-refractivity contribution in [3.05, 3.63) is 29.3 Å². The first-order chi connectivity index (χ1) is 11.6. The number of aryl methyl sites for hydroxylation is 1. The van der Waals surface area contributed by atoms with Crippen molar-refractivity contribution in [3.8, 4) is 0 Å². The molecule has 1 aromatic carbocycles. The van der Waals surface area contributed by atoms with Crippen LogP contribution in [-0.2, 0) is 0 Å². The van der Waals surface area contributed by atoms with Gasteiger partial charge < -0.3 is 30.4 Å². The molecular weight excluding hydrogens is 322 g/mol. The number of nitrogens with zero attached hydrogens (tertiary/aromatic N) is 1. The Hall–Kier alpha value is -1.18. The van der Waals surface area contributed by atoms with Crippen LogP contribution >= 0.6 is 0 Å². The fourth-order valence-corrected chi connectivity index (χ4v) is 3.80. The molecular formula is C19H31NO5. The molecule has 1 heterocycles. The van der Waals surface area contributed by atoms with E-state index in [4.69, 9.17) is 5.11 Å². The van der Waals surface area contributed by atoms with Gasteiger partial charge in [-0.25, -0.2) is 0 Å². The lowest BCUT2D eigenvalue weighted by Crippen LogP contribution is -2.55. The van der Waals surface area contributed by atoms with Gasteiger partial charge in [0.2, 0.25) is 0 Å². The number of aliphatic hydroxyl groups is 5. The summed E-state index contributed by atoms with van der Waals surface area (Å²) in [4.78, 5) is 2.06. The lowest BCUT2D eigenvalue weighted by Gasteiger charge is -2.49. The van der Waals surface area contributed by atoms with E-state index in [1.165, 1.54) is 5.56 Å². The summed E-state index contributed by atoms with van der Waals surface area (Å²) in [5.74, 6) is 0.380. The minimum atomic E-state index is -1.61. The molecule has 5 N–H and O–H groups in total. The van der Waals surface area contributed by atoms with Crippen LogP contribution in [0, 0.1) is 6.92 Å². The molecule has 5 atom stereocenters. The number of benzene rings is 1. The first-order valence-corrected chi connectivity index (χ1v) is 8.79. The van der Waals surface area contributed by atoms with Crippen LogP contribution in [0.15, 0.2) is 18.2 Å². The van der Waals surface area contributed by atoms with Crippen molar-refractivity contribution >= 4 is 5.69 Å². The van der Waals surface area contributed by atoms with Gasteiger partial charge in [-0.15, -0.1) is 0 Å². The summed E-state index contributed by atoms with van der Waals surface area (Å²) in [6.45, 7) is 7.81. The van der Waals surface area contributed by atoms with Gasteiger partial charge in [0.25, 0.3) is 0 Å². The molecule has 0 bridgehead atoms. The molecule has 0 radical (unpaired) electrons. The van der Waals surface area contributed by atoms with Gasteiger partial charge in [0.15, 0.2) is 0 Å². The molecule has 6 nitrogen and oxygen atoms in total. The van der Waals surface area contributed by atoms with Gasteiger partial charge in [-0.2, -0.15) is 0 Å². The molecule has 1 unspecified atom stereocenters. The number of rotatable bonds is 6. The summed E-state index contributed by atoms with van der Waals surface area (Å²) < 4.78 is 0. The summed E-state index contributed by atoms with van der Waals surface area (Å²) in [5, 5.41) is 48.9. The molecule has 0 fully saturated rings. The second-order valence-corrected chi connectivity index (χ2v) is 7.89. The van der Waals surface area contributed by atoms with Crippen LogP contribution in [0.1, 0.15) is 44.2 Å². The molecule has 0 aromatic heterocycles. The maximum absolute atomic E-state index is 10.4. The van der Waals surface area contributed by atoms with Crippen LogP contribution in [0.4, 0.5) is 5.69 Å². The highest BCUT2D eigenvalue weighted by atomic mass is 16.4. The number of fused-ring (bicyclic) bond motifs is 1. The monoisotopic (exact) mass is 353 g/mol. The Bertz CT molecular complexity index is 591. The average Bonchev–Trinajstić information content (AvgIpc) is 2.55. The van der Waals surface area contributed by atoms with Gasteiger partial charge in [-0.05, 0) is 50.3 Å². The van der Waals surface area contributed by atoms with E-state index in [0.29, 0.717) is 5.92 Å². The fourth-order valence-electron chi connectivity index (χ4n) is 3.80. The van der Waals surface area contributed by atoms with Crippen molar-refractivity contribution in [2.45, 2.75) is 70.0 Å². The molecule has 0 spiro atoms. The molecule has 0 saturated heterocycles. The number of β-amino-alcohol motifs (C(OH)–C–C–N with tert-alkyl or cyclic N) is 1. The average molecular weight is 353 g/mol. The predicted octanol–water partition coefficient (Wildman–Crippen LogP) is 0.523. The summed E-state index contributed by atoms with van der Waals surface area (Å²) in [5.41, 5.74) is 3.09. The van der Waals surface area contributed by atoms with Crippen LogP contribution in [0.25, 0.3) is 0 Å². The van der Waals surface area contributed by atoms with Crippen LogP contribution in [0.5, 0.6) is 0 Å². The topological polar surface area (TPSA) is 104 Å². The zero-order chi connectivity index (χ0) is 18.9. The summed E-state index contributed by atoms with van der Waals surface area (Å²) in [7, 11) is 0. The van der Waals surface area contributed by atoms with Crippen molar-refractivity contribution in [2.24, 2.45) is 0 Å². The first-order valence-electron chi connectivity index (χ1n) is 8.79. The van der Waals surface area contributed by atoms with Crippen LogP contribution in [-0.4, -0.2) is 68.6 Å². The van der Waals surface area contributed by atoms with E-state index < -0.39 is 31.0 Å². The van der Waals surface area contributed by atoms with E-state index >= 15 is 0 Å². The second-order valence-electron chi connectivity index (χ2n) is 7.89. The minimum absolute atomic E-state index is 0.118. The quantitative estimate of drug-likeness (QED) is 0.511. The maximum atomic E-state index is 10.4. The lowest BCUT2D eigenvalue weighted by atomic mass is 9.79. The SMILES string of the molecule is Cc1ccc2c(c1)N(C[C@@H](O)[C@H](O)[C@H](O)[C@@H](O)CO)C(C)(C)CC2C. The number of anilines is 1. The van der Waals surface area contributed by atoms with Crippen LogP contribution in [0.2, 0.25) is 0 Å². The minimum Gasteiger partial charge on any atom is -0.394 e. The van der Waals surface area contributed by atoms with Crippen LogP contribution in [0.3, 0.4) is 0 Å². The smallest absolute Gasteiger partial charge is 0.111 e. The summed E-state index contributed by atoms with van der Waals surface area (Å²) >= 11 is 0. The third-order valence-corrected chi connectivity index (χ3v) is 5.24. The van der Waals surface area contributed by atoms with E-state index in [9.17, 15) is 20.4 Å². The van der Waals surface area contributed by atoms with Gasteiger partial charge in [-0.1, -0.05) is 19.1 Å². The Labute approximate surface area is 149 Å². The normalized spacial score (nSPS) is 24.4. The molecule has 0 amide bonds. The molecule has 0 aliphatic carbocycles. The van der Waals surface area contributed by atoms with Gasteiger partial charge in [0.1, 0.15) is 18.3 Å². The van der Waals surface area contributed by atoms with E-state index in [2.05, 4.69) is 43.9 Å². The van der Waals surface area contributed by atoms with Gasteiger partial charge in [0, 0.05) is 17.8 Å². The van der Waals surface area contributed by atoms with E-state index in [0.717, 1.165) is 17.7 Å². The molecule has 142 valence electrons. The van der Waals surface area contributed by atoms with Gasteiger partial charge in [0.05, 0.1) is 12.7 Å². The van der Waals surface area contributed by atoms with E-state index in [-0.39, 0.29) is 12.1 Å². The number of hydrogen-bond acceptors (Lipinski definition) is 6. The maximum Gasteiger partial charge on any atom is 0.111 e. The summed E-state index contributed by atoms with van der Waals surface area (Å²) in [6, 6.07) is 6.24. The Morgan fingerprint density at radius 2 is 1.72 bits per heavy atom. The molecule has 1 aromatic rings. The van der Waals surface area contributed by atoms with Gasteiger partial charge >= 0.3 is 0 Å². The number of aliphatic hydroxyl groups excluding tert-OH is 5. The highest BCUT2D eigenvalue weighted by Gasteiger charge is 2.39. The second kappa shape index (κ2) is 7.60. The van der Waals surface area contributed by atoms with Crippen molar-refractivity contribution in [2.75, 3.05) is 18.1 Å². The van der Waals surface area contributed by atoms with Crippen molar-refractivity contribution in [3.63, 3.8) is 0 Å². The zero-order valence-electron chi connectivity index (χ0n) is 15.4. The fraction of sp³-hybridized carbons (Fsp3) is 0.684. The van der Waals surface area contributed by atoms with Crippen molar-refractivity contribution in [1.29, 1.82) is 0 Å². The Balaban J connectivity index is 2.28. The Kier molecular flexibility index (Phi) is 6.12. The van der Waals surface area contributed by atoms with Crippen molar-refractivity contribution < 1.29 is 25.5 Å². The van der Waals surface area contributed by atoms with E-state index in [1.807, 2.05) is 6.92 Å². The Morgan fingerprint density at radius 1 is 1.12 bits per heavy atom. The third kappa shape index (κ3) is 4.15. The third-order valence-electron chi connectivity index (χ3n) is 5.24. The summed E-state index contributed by atoms with van der Waals surface area (Å²) in [6.07, 6.45) is -5.02. The van der Waals surface area contributed by atoms with Crippen LogP contribution < -0.4 is 4.90 Å². The molecule has 25 heavy (non-hydrogen) atoms. The molecule has 2 rings (SSSR count). The highest BCUT2D eigenvalue weighted by molar-refractivity contribution is 5.61. The Morgan fingerprint density at radius 3 is 2.32 bits per heavy atom. The molecule has 1 aliphatic heterocycles. The molecule has 6 heteroatoms. The van der Waals surface area contributed by atoms with Gasteiger partial charge in [-0.3, -0.25) is 0 Å². The number of hydrogen-bond donors (Lipinski definition) is 5. The standard InChI is InChI=1S/C19H31NO5/c1-11-5-6-13-12(2)8-19(3,4)20(14(13)7-11)9-15(22)17(24)18(25)16(23)10-21/h5-7,12,15-18,21-25H,8-10H2,1-4H3/t12?,15-,16+,17+,18-/m1/s1. The van der Waals surface area contributed by atoms with E-state index in [1.54, 1.807) is 0 Å². The lowest BCUT2D eigenvalue weighted by molar-refractivity contribution is -0.113.